The Balaban J connectivity index is -0.000000114. The Morgan fingerprint density at radius 1 is 1.36 bits per heavy atom. The number of rotatable bonds is 1. The van der Waals surface area contributed by atoms with Crippen molar-refractivity contribution in [3.05, 3.63) is 0 Å². The van der Waals surface area contributed by atoms with Crippen LogP contribution >= 0.6 is 0 Å². The number of quaternary nitrogens is 1. The maximum absolute atomic E-state index is 9.45. The van der Waals surface area contributed by atoms with Gasteiger partial charge in [0.1, 0.15) is 6.10 Å². The maximum atomic E-state index is 9.45. The molecule has 0 saturated heterocycles. The van der Waals surface area contributed by atoms with Gasteiger partial charge in [0.15, 0.2) is 0 Å². The van der Waals surface area contributed by atoms with E-state index >= 15 is 0 Å². The van der Waals surface area contributed by atoms with Crippen LogP contribution in [0, 0.1) is 0 Å². The van der Waals surface area contributed by atoms with Crippen molar-refractivity contribution in [1.82, 2.24) is 6.15 Å². The first-order chi connectivity index (χ1) is 4.37. The van der Waals surface area contributed by atoms with E-state index in [9.17, 15) is 4.79 Å². The number of carboxylic acids is 1. The van der Waals surface area contributed by atoms with Crippen molar-refractivity contribution < 1.29 is 30.0 Å². The molecule has 0 radical (unpaired) electrons. The third-order valence-electron chi connectivity index (χ3n) is 0.357. The predicted molar refractivity (Wildman–Crippen MR) is 33.3 cm³/mol. The molecule has 0 heterocycles. The largest absolute Gasteiger partial charge is 0.565 e. The summed E-state index contributed by atoms with van der Waals surface area (Å²) in [6.45, 7) is 1.20. The molecule has 1 atom stereocenters. The van der Waals surface area contributed by atoms with E-state index < -0.39 is 18.2 Å². The zero-order valence-electron chi connectivity index (χ0n) is 6.14. The van der Waals surface area contributed by atoms with Gasteiger partial charge in [-0.25, -0.2) is 4.79 Å². The fraction of sp³-hybridized carbons (Fsp3) is 0.500. The number of aliphatic hydroxyl groups excluding tert-OH is 1. The van der Waals surface area contributed by atoms with Crippen molar-refractivity contribution in [3.63, 3.8) is 0 Å². The Hall–Kier alpha value is -1.34. The molecule has 0 fully saturated rings. The van der Waals surface area contributed by atoms with Crippen LogP contribution < -0.4 is 11.3 Å². The highest BCUT2D eigenvalue weighted by molar-refractivity contribution is 5.71. The second-order valence-corrected chi connectivity index (χ2v) is 1.28. The zero-order valence-corrected chi connectivity index (χ0v) is 6.14. The quantitative estimate of drug-likeness (QED) is 0.383. The number of carbonyl (C=O) groups is 2. The summed E-state index contributed by atoms with van der Waals surface area (Å²) in [5.74, 6) is -1.19. The number of hydrogen-bond acceptors (Lipinski definition) is 4. The molecule has 0 aliphatic carbocycles. The Morgan fingerprint density at radius 3 is 1.45 bits per heavy atom. The van der Waals surface area contributed by atoms with Crippen LogP contribution in [-0.4, -0.2) is 33.5 Å². The minimum absolute atomic E-state index is 0. The van der Waals surface area contributed by atoms with Gasteiger partial charge in [0.05, 0.1) is 0 Å². The fourth-order valence-electron chi connectivity index (χ4n) is 0. The van der Waals surface area contributed by atoms with Crippen LogP contribution in [0.5, 0.6) is 0 Å². The molecule has 0 aliphatic rings. The molecule has 0 aromatic carbocycles. The van der Waals surface area contributed by atoms with E-state index in [1.807, 2.05) is 0 Å². The number of aliphatic carboxylic acids is 1. The summed E-state index contributed by atoms with van der Waals surface area (Å²) in [6.07, 6.45) is -3.31. The first-order valence-electron chi connectivity index (χ1n) is 2.18. The van der Waals surface area contributed by atoms with Crippen LogP contribution in [0.3, 0.4) is 0 Å². The number of aliphatic hydroxyl groups is 1. The summed E-state index contributed by atoms with van der Waals surface area (Å²) in [7, 11) is 0. The molecule has 0 rings (SSSR count). The van der Waals surface area contributed by atoms with Crippen molar-refractivity contribution in [3.8, 4) is 0 Å². The van der Waals surface area contributed by atoms with Gasteiger partial charge < -0.3 is 31.4 Å². The standard InChI is InChI=1S/C3H6O3.CH2O3.H3N/c1-2(4)3(5)6;2-1(3)4;/h2,4H,1H3,(H,5,6);(H2,2,3,4);1H3. The average Bonchev–Trinajstić information content (AvgIpc) is 1.63. The van der Waals surface area contributed by atoms with E-state index in [1.54, 1.807) is 0 Å². The highest BCUT2D eigenvalue weighted by Gasteiger charge is 2.01. The molecule has 7 N–H and O–H groups in total. The molecule has 0 aromatic heterocycles. The van der Waals surface area contributed by atoms with E-state index in [0.717, 1.165) is 0 Å². The van der Waals surface area contributed by atoms with Crippen molar-refractivity contribution >= 4 is 12.1 Å². The van der Waals surface area contributed by atoms with E-state index in [-0.39, 0.29) is 6.15 Å². The van der Waals surface area contributed by atoms with E-state index in [4.69, 9.17) is 25.2 Å². The van der Waals surface area contributed by atoms with Gasteiger partial charge in [0.25, 0.3) is 0 Å². The highest BCUT2D eigenvalue weighted by Crippen LogP contribution is 1.73. The molecule has 0 saturated carbocycles. The molecule has 1 unspecified atom stereocenters. The molecular weight excluding hydrogens is 158 g/mol. The number of carboxylic acid groups (broad SMARTS) is 3. The molecule has 68 valence electrons. The maximum Gasteiger partial charge on any atom is 0.332 e. The van der Waals surface area contributed by atoms with E-state index in [0.29, 0.717) is 0 Å². The Bertz CT molecular complexity index is 118. The minimum atomic E-state index is -2.08. The average molecular weight is 169 g/mol. The van der Waals surface area contributed by atoms with Crippen molar-refractivity contribution in [2.24, 2.45) is 0 Å². The van der Waals surface area contributed by atoms with Crippen LogP contribution in [0.25, 0.3) is 0 Å². The first kappa shape index (κ1) is 16.3. The molecule has 7 nitrogen and oxygen atoms in total. The van der Waals surface area contributed by atoms with Crippen LogP contribution in [0.1, 0.15) is 6.92 Å². The van der Waals surface area contributed by atoms with Gasteiger partial charge in [-0.15, -0.1) is 0 Å². The molecule has 11 heavy (non-hydrogen) atoms. The molecule has 0 aliphatic heterocycles. The third kappa shape index (κ3) is 54.3. The van der Waals surface area contributed by atoms with Gasteiger partial charge in [-0.1, -0.05) is 0 Å². The molecular formula is C4H11NO6. The SMILES string of the molecule is CC(O)C(=O)O.O=C([O-])O.[NH4+]. The summed E-state index contributed by atoms with van der Waals surface area (Å²) in [6, 6.07) is 0. The van der Waals surface area contributed by atoms with Crippen LogP contribution in [0.2, 0.25) is 0 Å². The van der Waals surface area contributed by atoms with Crippen molar-refractivity contribution in [2.45, 2.75) is 13.0 Å². The van der Waals surface area contributed by atoms with Gasteiger partial charge in [-0.2, -0.15) is 0 Å². The van der Waals surface area contributed by atoms with Gasteiger partial charge in [-0.3, -0.25) is 0 Å². The summed E-state index contributed by atoms with van der Waals surface area (Å²) < 4.78 is 0. The normalized spacial score (nSPS) is 9.64. The second kappa shape index (κ2) is 8.66. The molecule has 0 bridgehead atoms. The molecule has 0 spiro atoms. The van der Waals surface area contributed by atoms with Gasteiger partial charge in [-0.05, 0) is 6.92 Å². The highest BCUT2D eigenvalue weighted by atomic mass is 16.6. The van der Waals surface area contributed by atoms with E-state index in [1.165, 1.54) is 6.92 Å². The van der Waals surface area contributed by atoms with Crippen LogP contribution in [0.4, 0.5) is 4.79 Å². The topological polar surface area (TPSA) is 154 Å². The Morgan fingerprint density at radius 2 is 1.45 bits per heavy atom. The van der Waals surface area contributed by atoms with Crippen molar-refractivity contribution in [2.75, 3.05) is 0 Å². The second-order valence-electron chi connectivity index (χ2n) is 1.28. The monoisotopic (exact) mass is 169 g/mol. The summed E-state index contributed by atoms with van der Waals surface area (Å²) in [5.41, 5.74) is 0. The lowest BCUT2D eigenvalue weighted by Crippen LogP contribution is -2.17. The lowest BCUT2D eigenvalue weighted by molar-refractivity contribution is -0.275. The lowest BCUT2D eigenvalue weighted by Gasteiger charge is -1.89. The zero-order chi connectivity index (χ0) is 8.73. The van der Waals surface area contributed by atoms with E-state index in [2.05, 4.69) is 0 Å². The van der Waals surface area contributed by atoms with Gasteiger partial charge >= 0.3 is 5.97 Å². The molecule has 7 heteroatoms. The van der Waals surface area contributed by atoms with Gasteiger partial charge in [0, 0.05) is 0 Å². The summed E-state index contributed by atoms with van der Waals surface area (Å²) in [5, 5.41) is 31.1. The summed E-state index contributed by atoms with van der Waals surface area (Å²) >= 11 is 0. The third-order valence-corrected chi connectivity index (χ3v) is 0.357. The smallest absolute Gasteiger partial charge is 0.332 e. The van der Waals surface area contributed by atoms with Gasteiger partial charge in [0.2, 0.25) is 6.16 Å². The number of hydrogen-bond donors (Lipinski definition) is 4. The summed E-state index contributed by atoms with van der Waals surface area (Å²) in [4.78, 5) is 17.9. The first-order valence-corrected chi connectivity index (χ1v) is 2.18. The Kier molecular flexibility index (Phi) is 12.9. The van der Waals surface area contributed by atoms with Crippen LogP contribution in [0.15, 0.2) is 0 Å². The lowest BCUT2D eigenvalue weighted by atomic mass is 10.4. The molecule has 0 aromatic rings. The fourth-order valence-corrected chi connectivity index (χ4v) is 0. The predicted octanol–water partition coefficient (Wildman–Crippen LogP) is -1.28. The van der Waals surface area contributed by atoms with Crippen LogP contribution in [-0.2, 0) is 4.79 Å². The Labute approximate surface area is 62.5 Å². The molecule has 0 amide bonds. The minimum Gasteiger partial charge on any atom is -0.565 e. The van der Waals surface area contributed by atoms with Crippen molar-refractivity contribution in [1.29, 1.82) is 0 Å².